The van der Waals surface area contributed by atoms with Crippen LogP contribution in [0.5, 0.6) is 5.75 Å². The van der Waals surface area contributed by atoms with Crippen molar-refractivity contribution in [3.63, 3.8) is 0 Å². The summed E-state index contributed by atoms with van der Waals surface area (Å²) >= 11 is 0. The minimum Gasteiger partial charge on any atom is -0.494 e. The summed E-state index contributed by atoms with van der Waals surface area (Å²) in [5.74, 6) is 0.352. The molecule has 7 heteroatoms. The fourth-order valence-corrected chi connectivity index (χ4v) is 3.24. The molecule has 1 aliphatic rings. The van der Waals surface area contributed by atoms with E-state index in [4.69, 9.17) is 4.74 Å². The predicted octanol–water partition coefficient (Wildman–Crippen LogP) is 2.95. The Morgan fingerprint density at radius 1 is 1.21 bits per heavy atom. The normalized spacial score (nSPS) is 15.1. The highest BCUT2D eigenvalue weighted by molar-refractivity contribution is 5.99. The van der Waals surface area contributed by atoms with Crippen LogP contribution in [0.3, 0.4) is 0 Å². The monoisotopic (exact) mass is 389 g/mol. The maximum Gasteiger partial charge on any atom is 0.247 e. The molecule has 1 heterocycles. The average molecular weight is 389 g/mol. The number of ether oxygens (including phenoxy) is 1. The van der Waals surface area contributed by atoms with Gasteiger partial charge in [-0.05, 0) is 30.4 Å². The third kappa shape index (κ3) is 5.47. The number of methoxy groups -OCH3 is 1. The number of hydrogen-bond acceptors (Lipinski definition) is 4. The van der Waals surface area contributed by atoms with E-state index in [2.05, 4.69) is 10.6 Å². The molecule has 0 radical (unpaired) electrons. The molecule has 1 aromatic rings. The molecule has 0 aromatic heterocycles. The Morgan fingerprint density at radius 3 is 2.46 bits per heavy atom. The highest BCUT2D eigenvalue weighted by atomic mass is 16.5. The van der Waals surface area contributed by atoms with Crippen LogP contribution in [0.1, 0.15) is 47.0 Å². The van der Waals surface area contributed by atoms with E-state index in [-0.39, 0.29) is 29.6 Å². The minimum atomic E-state index is -0.628. The largest absolute Gasteiger partial charge is 0.494 e. The maximum absolute atomic E-state index is 12.7. The lowest BCUT2D eigenvalue weighted by Crippen LogP contribution is -2.47. The molecule has 2 rings (SSSR count). The minimum absolute atomic E-state index is 0.0560. The van der Waals surface area contributed by atoms with Gasteiger partial charge in [0.1, 0.15) is 11.8 Å². The van der Waals surface area contributed by atoms with Gasteiger partial charge in [0.25, 0.3) is 0 Å². The molecule has 2 N–H and O–H groups in total. The van der Waals surface area contributed by atoms with Gasteiger partial charge < -0.3 is 20.3 Å². The number of benzene rings is 1. The highest BCUT2D eigenvalue weighted by Gasteiger charge is 2.26. The van der Waals surface area contributed by atoms with Crippen LogP contribution in [0.25, 0.3) is 0 Å². The Hall–Kier alpha value is -2.57. The summed E-state index contributed by atoms with van der Waals surface area (Å²) in [7, 11) is 1.54. The number of hydrogen-bond donors (Lipinski definition) is 2. The number of carbonyl (C=O) groups excluding carboxylic acids is 3. The second-order valence-electron chi connectivity index (χ2n) is 7.91. The van der Waals surface area contributed by atoms with Crippen molar-refractivity contribution in [2.24, 2.45) is 11.8 Å². The van der Waals surface area contributed by atoms with Crippen molar-refractivity contribution in [1.82, 2.24) is 5.32 Å². The summed E-state index contributed by atoms with van der Waals surface area (Å²) in [6.07, 6.45) is 1.74. The van der Waals surface area contributed by atoms with Gasteiger partial charge in [-0.25, -0.2) is 0 Å². The number of nitrogens with one attached hydrogen (secondary N) is 2. The van der Waals surface area contributed by atoms with Crippen molar-refractivity contribution >= 4 is 29.1 Å². The van der Waals surface area contributed by atoms with Gasteiger partial charge in [-0.2, -0.15) is 0 Å². The molecule has 0 spiro atoms. The summed E-state index contributed by atoms with van der Waals surface area (Å²) in [5, 5.41) is 5.67. The Bertz CT molecular complexity index is 730. The van der Waals surface area contributed by atoms with Crippen molar-refractivity contribution in [2.45, 2.75) is 53.0 Å². The zero-order valence-electron chi connectivity index (χ0n) is 17.4. The molecule has 1 saturated heterocycles. The molecule has 0 bridgehead atoms. The van der Waals surface area contributed by atoms with Gasteiger partial charge in [-0.15, -0.1) is 0 Å². The lowest BCUT2D eigenvalue weighted by atomic mass is 10.0. The van der Waals surface area contributed by atoms with Gasteiger partial charge in [0.05, 0.1) is 12.8 Å². The van der Waals surface area contributed by atoms with Gasteiger partial charge in [0.2, 0.25) is 17.7 Å². The van der Waals surface area contributed by atoms with Crippen LogP contribution in [0.2, 0.25) is 0 Å². The first-order chi connectivity index (χ1) is 13.2. The van der Waals surface area contributed by atoms with Gasteiger partial charge >= 0.3 is 0 Å². The molecular formula is C21H31N3O4. The molecule has 1 aliphatic heterocycles. The molecule has 1 aromatic carbocycles. The van der Waals surface area contributed by atoms with Gasteiger partial charge in [-0.1, -0.05) is 27.7 Å². The SMILES string of the molecule is COc1cc(NC(=O)C(NC(=O)CC(C)C)C(C)C)ccc1N1CCCC1=O. The first-order valence-corrected chi connectivity index (χ1v) is 9.81. The molecule has 28 heavy (non-hydrogen) atoms. The number of carbonyl (C=O) groups is 3. The van der Waals surface area contributed by atoms with Crippen LogP contribution >= 0.6 is 0 Å². The molecule has 0 aliphatic carbocycles. The third-order valence-electron chi connectivity index (χ3n) is 4.67. The van der Waals surface area contributed by atoms with Crippen molar-refractivity contribution in [1.29, 1.82) is 0 Å². The first kappa shape index (κ1) is 21.7. The summed E-state index contributed by atoms with van der Waals surface area (Å²) in [5.41, 5.74) is 1.26. The summed E-state index contributed by atoms with van der Waals surface area (Å²) < 4.78 is 5.43. The summed E-state index contributed by atoms with van der Waals surface area (Å²) in [6, 6.07) is 4.59. The number of anilines is 2. The Kier molecular flexibility index (Phi) is 7.43. The Morgan fingerprint density at radius 2 is 1.93 bits per heavy atom. The molecule has 1 atom stereocenters. The van der Waals surface area contributed by atoms with E-state index < -0.39 is 6.04 Å². The zero-order valence-corrected chi connectivity index (χ0v) is 17.4. The van der Waals surface area contributed by atoms with Gasteiger partial charge in [0, 0.05) is 31.1 Å². The Labute approximate surface area is 166 Å². The van der Waals surface area contributed by atoms with E-state index in [0.717, 1.165) is 6.42 Å². The van der Waals surface area contributed by atoms with E-state index in [9.17, 15) is 14.4 Å². The average Bonchev–Trinajstić information content (AvgIpc) is 3.04. The number of nitrogens with zero attached hydrogens (tertiary/aromatic N) is 1. The van der Waals surface area contributed by atoms with Crippen molar-refractivity contribution < 1.29 is 19.1 Å². The summed E-state index contributed by atoms with van der Waals surface area (Å²) in [4.78, 5) is 38.5. The fraction of sp³-hybridized carbons (Fsp3) is 0.571. The van der Waals surface area contributed by atoms with Crippen molar-refractivity contribution in [2.75, 3.05) is 23.9 Å². The van der Waals surface area contributed by atoms with Crippen molar-refractivity contribution in [3.8, 4) is 5.75 Å². The Balaban J connectivity index is 2.13. The number of amides is 3. The smallest absolute Gasteiger partial charge is 0.247 e. The lowest BCUT2D eigenvalue weighted by molar-refractivity contribution is -0.127. The molecular weight excluding hydrogens is 358 g/mol. The first-order valence-electron chi connectivity index (χ1n) is 9.81. The fourth-order valence-electron chi connectivity index (χ4n) is 3.24. The van der Waals surface area contributed by atoms with Crippen LogP contribution in [0, 0.1) is 11.8 Å². The second kappa shape index (κ2) is 9.57. The van der Waals surface area contributed by atoms with E-state index in [1.165, 1.54) is 7.11 Å². The number of rotatable bonds is 8. The summed E-state index contributed by atoms with van der Waals surface area (Å²) in [6.45, 7) is 8.37. The van der Waals surface area contributed by atoms with Crippen LogP contribution in [-0.2, 0) is 14.4 Å². The van der Waals surface area contributed by atoms with Gasteiger partial charge in [-0.3, -0.25) is 14.4 Å². The van der Waals surface area contributed by atoms with E-state index in [0.29, 0.717) is 36.5 Å². The molecule has 0 saturated carbocycles. The zero-order chi connectivity index (χ0) is 20.8. The molecule has 7 nitrogen and oxygen atoms in total. The molecule has 1 fully saturated rings. The lowest BCUT2D eigenvalue weighted by Gasteiger charge is -2.23. The van der Waals surface area contributed by atoms with E-state index in [1.54, 1.807) is 23.1 Å². The van der Waals surface area contributed by atoms with Crippen LogP contribution in [0.4, 0.5) is 11.4 Å². The predicted molar refractivity (Wildman–Crippen MR) is 109 cm³/mol. The maximum atomic E-state index is 12.7. The van der Waals surface area contributed by atoms with Gasteiger partial charge in [0.15, 0.2) is 0 Å². The standard InChI is InChI=1S/C21H31N3O4/c1-13(2)11-18(25)23-20(14(3)4)21(27)22-15-8-9-16(17(12-15)28-5)24-10-6-7-19(24)26/h8-9,12-14,20H,6-7,10-11H2,1-5H3,(H,22,27)(H,23,25). The second-order valence-corrected chi connectivity index (χ2v) is 7.91. The van der Waals surface area contributed by atoms with Crippen LogP contribution in [0.15, 0.2) is 18.2 Å². The van der Waals surface area contributed by atoms with Crippen LogP contribution in [-0.4, -0.2) is 37.4 Å². The third-order valence-corrected chi connectivity index (χ3v) is 4.67. The molecule has 154 valence electrons. The van der Waals surface area contributed by atoms with E-state index in [1.807, 2.05) is 27.7 Å². The van der Waals surface area contributed by atoms with Crippen LogP contribution < -0.4 is 20.3 Å². The quantitative estimate of drug-likeness (QED) is 0.716. The molecule has 1 unspecified atom stereocenters. The molecule has 3 amide bonds. The van der Waals surface area contributed by atoms with E-state index >= 15 is 0 Å². The van der Waals surface area contributed by atoms with Crippen molar-refractivity contribution in [3.05, 3.63) is 18.2 Å². The topological polar surface area (TPSA) is 87.7 Å². The highest BCUT2D eigenvalue weighted by Crippen LogP contribution is 2.33.